The van der Waals surface area contributed by atoms with Crippen molar-refractivity contribution in [1.82, 2.24) is 14.6 Å². The molecule has 0 unspecified atom stereocenters. The lowest BCUT2D eigenvalue weighted by Crippen LogP contribution is -1.89. The van der Waals surface area contributed by atoms with Crippen molar-refractivity contribution in [3.05, 3.63) is 53.1 Å². The van der Waals surface area contributed by atoms with Crippen molar-refractivity contribution < 1.29 is 4.39 Å². The van der Waals surface area contributed by atoms with Gasteiger partial charge in [-0.3, -0.25) is 0 Å². The Labute approximate surface area is 105 Å². The summed E-state index contributed by atoms with van der Waals surface area (Å²) >= 11 is 3.33. The van der Waals surface area contributed by atoms with Gasteiger partial charge in [0.1, 0.15) is 5.82 Å². The molecular weight excluding hydrogens is 285 g/mol. The Morgan fingerprint density at radius 3 is 3.00 bits per heavy atom. The zero-order valence-electron chi connectivity index (χ0n) is 8.64. The zero-order valence-corrected chi connectivity index (χ0v) is 10.2. The predicted molar refractivity (Wildman–Crippen MR) is 66.1 cm³/mol. The molecule has 0 saturated carbocycles. The van der Waals surface area contributed by atoms with Crippen molar-refractivity contribution in [2.75, 3.05) is 0 Å². The number of halogens is 2. The molecule has 3 aromatic rings. The molecule has 1 aromatic carbocycles. The van der Waals surface area contributed by atoms with E-state index in [2.05, 4.69) is 26.0 Å². The van der Waals surface area contributed by atoms with Crippen molar-refractivity contribution in [3.63, 3.8) is 0 Å². The van der Waals surface area contributed by atoms with Gasteiger partial charge < -0.3 is 0 Å². The molecule has 3 rings (SSSR count). The van der Waals surface area contributed by atoms with E-state index in [-0.39, 0.29) is 5.82 Å². The molecule has 2 aromatic heterocycles. The van der Waals surface area contributed by atoms with Gasteiger partial charge in [-0.25, -0.2) is 13.9 Å². The Hall–Kier alpha value is -1.75. The van der Waals surface area contributed by atoms with Crippen LogP contribution >= 0.6 is 15.9 Å². The number of hydrogen-bond acceptors (Lipinski definition) is 2. The molecule has 0 saturated heterocycles. The quantitative estimate of drug-likeness (QED) is 0.689. The van der Waals surface area contributed by atoms with Gasteiger partial charge in [-0.05, 0) is 24.3 Å². The first-order valence-electron chi connectivity index (χ1n) is 4.99. The molecule has 17 heavy (non-hydrogen) atoms. The molecule has 0 bridgehead atoms. The van der Waals surface area contributed by atoms with Gasteiger partial charge in [-0.15, -0.1) is 0 Å². The predicted octanol–water partition coefficient (Wildman–Crippen LogP) is 3.30. The summed E-state index contributed by atoms with van der Waals surface area (Å²) in [5.41, 5.74) is 1.82. The van der Waals surface area contributed by atoms with Gasteiger partial charge in [0, 0.05) is 28.0 Å². The van der Waals surface area contributed by atoms with E-state index in [0.29, 0.717) is 16.8 Å². The lowest BCUT2D eigenvalue weighted by atomic mass is 10.1. The fourth-order valence-electron chi connectivity index (χ4n) is 1.72. The van der Waals surface area contributed by atoms with Crippen LogP contribution in [0.2, 0.25) is 0 Å². The molecule has 3 nitrogen and oxygen atoms in total. The van der Waals surface area contributed by atoms with Gasteiger partial charge in [-0.1, -0.05) is 15.9 Å². The van der Waals surface area contributed by atoms with E-state index in [1.54, 1.807) is 41.3 Å². The Bertz CT molecular complexity index is 693. The van der Waals surface area contributed by atoms with Crippen LogP contribution < -0.4 is 0 Å². The molecule has 0 fully saturated rings. The van der Waals surface area contributed by atoms with E-state index >= 15 is 0 Å². The number of rotatable bonds is 1. The summed E-state index contributed by atoms with van der Waals surface area (Å²) in [6, 6.07) is 6.59. The first-order valence-corrected chi connectivity index (χ1v) is 5.79. The Kier molecular flexibility index (Phi) is 2.40. The Morgan fingerprint density at radius 1 is 1.24 bits per heavy atom. The normalized spacial score (nSPS) is 10.9. The third kappa shape index (κ3) is 1.72. The monoisotopic (exact) mass is 291 g/mol. The van der Waals surface area contributed by atoms with Crippen LogP contribution in [-0.2, 0) is 0 Å². The summed E-state index contributed by atoms with van der Waals surface area (Å²) in [5.74, 6) is -0.284. The minimum absolute atomic E-state index is 0.284. The van der Waals surface area contributed by atoms with E-state index in [4.69, 9.17) is 0 Å². The van der Waals surface area contributed by atoms with Gasteiger partial charge in [-0.2, -0.15) is 5.10 Å². The number of aromatic nitrogens is 3. The fourth-order valence-corrected chi connectivity index (χ4v) is 2.08. The molecule has 0 radical (unpaired) electrons. The molecule has 2 heterocycles. The summed E-state index contributed by atoms with van der Waals surface area (Å²) in [7, 11) is 0. The van der Waals surface area contributed by atoms with Crippen LogP contribution in [0.4, 0.5) is 4.39 Å². The van der Waals surface area contributed by atoms with E-state index in [9.17, 15) is 4.39 Å². The highest BCUT2D eigenvalue weighted by molar-refractivity contribution is 9.10. The molecule has 84 valence electrons. The van der Waals surface area contributed by atoms with E-state index in [1.807, 2.05) is 0 Å². The van der Waals surface area contributed by atoms with Crippen LogP contribution in [0.3, 0.4) is 0 Å². The largest absolute Gasteiger partial charge is 0.236 e. The molecule has 0 atom stereocenters. The average molecular weight is 292 g/mol. The van der Waals surface area contributed by atoms with Gasteiger partial charge in [0.15, 0.2) is 5.65 Å². The summed E-state index contributed by atoms with van der Waals surface area (Å²) in [5, 5.41) is 4.14. The van der Waals surface area contributed by atoms with E-state index in [0.717, 1.165) is 4.47 Å². The van der Waals surface area contributed by atoms with Crippen LogP contribution in [0.5, 0.6) is 0 Å². The SMILES string of the molecule is Fc1ccc(Br)cc1-c1cnn2cccnc12. The second-order valence-corrected chi connectivity index (χ2v) is 4.49. The highest BCUT2D eigenvalue weighted by atomic mass is 79.9. The average Bonchev–Trinajstić information content (AvgIpc) is 2.76. The number of fused-ring (bicyclic) bond motifs is 1. The van der Waals surface area contributed by atoms with Crippen molar-refractivity contribution >= 4 is 21.6 Å². The highest BCUT2D eigenvalue weighted by Crippen LogP contribution is 2.28. The molecule has 0 spiro atoms. The maximum atomic E-state index is 13.8. The van der Waals surface area contributed by atoms with Crippen LogP contribution in [0, 0.1) is 5.82 Å². The maximum Gasteiger partial charge on any atom is 0.162 e. The Balaban J connectivity index is 2.31. The number of benzene rings is 1. The number of hydrogen-bond donors (Lipinski definition) is 0. The molecule has 0 aliphatic heterocycles. The van der Waals surface area contributed by atoms with Crippen LogP contribution in [-0.4, -0.2) is 14.6 Å². The minimum Gasteiger partial charge on any atom is -0.236 e. The Morgan fingerprint density at radius 2 is 2.12 bits per heavy atom. The van der Waals surface area contributed by atoms with Crippen molar-refractivity contribution in [2.45, 2.75) is 0 Å². The maximum absolute atomic E-state index is 13.8. The minimum atomic E-state index is -0.284. The molecule has 0 aliphatic rings. The summed E-state index contributed by atoms with van der Waals surface area (Å²) in [4.78, 5) is 4.21. The molecular formula is C12H7BrFN3. The first kappa shape index (κ1) is 10.4. The lowest BCUT2D eigenvalue weighted by Gasteiger charge is -2.01. The van der Waals surface area contributed by atoms with E-state index < -0.39 is 0 Å². The second kappa shape index (κ2) is 3.92. The van der Waals surface area contributed by atoms with Crippen LogP contribution in [0.25, 0.3) is 16.8 Å². The molecule has 0 N–H and O–H groups in total. The molecule has 5 heteroatoms. The standard InChI is InChI=1S/C12H7BrFN3/c13-8-2-3-11(14)9(6-8)10-7-16-17-5-1-4-15-12(10)17/h1-7H. The molecule has 0 aliphatic carbocycles. The van der Waals surface area contributed by atoms with Crippen LogP contribution in [0.15, 0.2) is 47.3 Å². The van der Waals surface area contributed by atoms with Crippen LogP contribution in [0.1, 0.15) is 0 Å². The van der Waals surface area contributed by atoms with Crippen molar-refractivity contribution in [2.24, 2.45) is 0 Å². The fraction of sp³-hybridized carbons (Fsp3) is 0. The topological polar surface area (TPSA) is 30.2 Å². The van der Waals surface area contributed by atoms with Gasteiger partial charge in [0.25, 0.3) is 0 Å². The lowest BCUT2D eigenvalue weighted by molar-refractivity contribution is 0.631. The van der Waals surface area contributed by atoms with Gasteiger partial charge in [0.05, 0.1) is 6.20 Å². The van der Waals surface area contributed by atoms with Crippen molar-refractivity contribution in [3.8, 4) is 11.1 Å². The highest BCUT2D eigenvalue weighted by Gasteiger charge is 2.11. The zero-order chi connectivity index (χ0) is 11.8. The summed E-state index contributed by atoms with van der Waals surface area (Å²) < 4.78 is 16.2. The molecule has 0 amide bonds. The first-order chi connectivity index (χ1) is 8.25. The van der Waals surface area contributed by atoms with Gasteiger partial charge >= 0.3 is 0 Å². The van der Waals surface area contributed by atoms with Crippen molar-refractivity contribution in [1.29, 1.82) is 0 Å². The summed E-state index contributed by atoms with van der Waals surface area (Å²) in [6.45, 7) is 0. The smallest absolute Gasteiger partial charge is 0.162 e. The van der Waals surface area contributed by atoms with Gasteiger partial charge in [0.2, 0.25) is 0 Å². The van der Waals surface area contributed by atoms with E-state index in [1.165, 1.54) is 6.07 Å². The third-order valence-corrected chi connectivity index (χ3v) is 2.99. The second-order valence-electron chi connectivity index (χ2n) is 3.57. The summed E-state index contributed by atoms with van der Waals surface area (Å²) in [6.07, 6.45) is 5.06. The third-order valence-electron chi connectivity index (χ3n) is 2.50. The number of nitrogens with zero attached hydrogens (tertiary/aromatic N) is 3.